The Labute approximate surface area is 107 Å². The predicted octanol–water partition coefficient (Wildman–Crippen LogP) is 5.95. The van der Waals surface area contributed by atoms with E-state index in [1.165, 1.54) is 28.4 Å². The van der Waals surface area contributed by atoms with Crippen LogP contribution < -0.4 is 0 Å². The van der Waals surface area contributed by atoms with Crippen molar-refractivity contribution in [3.8, 4) is 0 Å². The zero-order chi connectivity index (χ0) is 13.6. The summed E-state index contributed by atoms with van der Waals surface area (Å²) in [7, 11) is 0. The van der Waals surface area contributed by atoms with Crippen molar-refractivity contribution >= 4 is 17.1 Å². The van der Waals surface area contributed by atoms with Gasteiger partial charge in [-0.25, -0.2) is 4.37 Å². The van der Waals surface area contributed by atoms with Crippen molar-refractivity contribution in [3.63, 3.8) is 0 Å². The summed E-state index contributed by atoms with van der Waals surface area (Å²) in [5.41, 5.74) is 2.29. The highest BCUT2D eigenvalue weighted by atomic mass is 32.1. The molecule has 0 aromatic carbocycles. The van der Waals surface area contributed by atoms with Gasteiger partial charge in [-0.2, -0.15) is 0 Å². The molecule has 16 heavy (non-hydrogen) atoms. The number of nitrogens with zero attached hydrogens (tertiary/aromatic N) is 1. The zero-order valence-corrected chi connectivity index (χ0v) is 13.2. The number of rotatable bonds is 1. The summed E-state index contributed by atoms with van der Waals surface area (Å²) in [5, 5.41) is 0. The zero-order valence-electron chi connectivity index (χ0n) is 12.3. The summed E-state index contributed by atoms with van der Waals surface area (Å²) < 4.78 is 4.02. The summed E-state index contributed by atoms with van der Waals surface area (Å²) >= 11 is 1.52. The van der Waals surface area contributed by atoms with Crippen molar-refractivity contribution < 1.29 is 0 Å². The van der Waals surface area contributed by atoms with Crippen LogP contribution in [-0.4, -0.2) is 4.37 Å². The second-order valence-corrected chi connectivity index (χ2v) is 3.79. The Bertz CT molecular complexity index is 239. The molecular formula is C14H29NS. The molecule has 0 aliphatic heterocycles. The Morgan fingerprint density at radius 3 is 1.75 bits per heavy atom. The minimum atomic E-state index is 1.10. The van der Waals surface area contributed by atoms with Crippen molar-refractivity contribution in [1.82, 2.24) is 4.37 Å². The van der Waals surface area contributed by atoms with Gasteiger partial charge in [-0.05, 0) is 31.0 Å². The summed E-state index contributed by atoms with van der Waals surface area (Å²) in [6, 6.07) is 0. The van der Waals surface area contributed by atoms with Crippen LogP contribution in [0.3, 0.4) is 0 Å². The molecule has 1 heterocycles. The highest BCUT2D eigenvalue weighted by molar-refractivity contribution is 7.05. The van der Waals surface area contributed by atoms with Crippen molar-refractivity contribution in [2.75, 3.05) is 0 Å². The van der Waals surface area contributed by atoms with E-state index < -0.39 is 0 Å². The maximum atomic E-state index is 4.02. The lowest BCUT2D eigenvalue weighted by molar-refractivity contribution is 1.09. The third kappa shape index (κ3) is 11.4. The molecule has 0 atom stereocenters. The van der Waals surface area contributed by atoms with Crippen LogP contribution in [0.4, 0.5) is 0 Å². The Hall–Kier alpha value is -0.630. The largest absolute Gasteiger partial charge is 0.200 e. The molecule has 1 rings (SSSR count). The number of aromatic nitrogens is 1. The maximum Gasteiger partial charge on any atom is 0.0484 e. The van der Waals surface area contributed by atoms with E-state index in [1.807, 2.05) is 40.8 Å². The van der Waals surface area contributed by atoms with Gasteiger partial charge >= 0.3 is 0 Å². The normalized spacial score (nSPS) is 7.25. The van der Waals surface area contributed by atoms with E-state index in [-0.39, 0.29) is 0 Å². The lowest BCUT2D eigenvalue weighted by Crippen LogP contribution is -1.73. The lowest BCUT2D eigenvalue weighted by atomic mass is 10.2. The highest BCUT2D eigenvalue weighted by Crippen LogP contribution is 2.18. The van der Waals surface area contributed by atoms with Gasteiger partial charge in [-0.15, -0.1) is 0 Å². The molecule has 0 amide bonds. The molecule has 0 bridgehead atoms. The first-order chi connectivity index (χ1) is 7.63. The van der Waals surface area contributed by atoms with Gasteiger partial charge in [0, 0.05) is 16.6 Å². The molecule has 0 saturated carbocycles. The van der Waals surface area contributed by atoms with Crippen LogP contribution in [0.15, 0.2) is 12.8 Å². The second-order valence-electron chi connectivity index (χ2n) is 2.78. The number of hydrogen-bond donors (Lipinski definition) is 0. The first-order valence-corrected chi connectivity index (χ1v) is 6.97. The topological polar surface area (TPSA) is 12.9 Å². The highest BCUT2D eigenvalue weighted by Gasteiger charge is 1.98. The van der Waals surface area contributed by atoms with Crippen LogP contribution in [0.1, 0.15) is 65.3 Å². The second kappa shape index (κ2) is 16.8. The third-order valence-corrected chi connectivity index (χ3v) is 1.92. The summed E-state index contributed by atoms with van der Waals surface area (Å²) in [6.45, 7) is 20.1. The van der Waals surface area contributed by atoms with Crippen LogP contribution in [0.25, 0.3) is 5.57 Å². The molecule has 1 aromatic heterocycles. The number of hydrogen-bond acceptors (Lipinski definition) is 2. The molecule has 1 aromatic rings. The third-order valence-electron chi connectivity index (χ3n) is 1.21. The van der Waals surface area contributed by atoms with E-state index >= 15 is 0 Å². The van der Waals surface area contributed by atoms with Gasteiger partial charge < -0.3 is 0 Å². The molecule has 2 heteroatoms. The number of aryl methyl sites for hydroxylation is 1. The molecule has 0 fully saturated rings. The van der Waals surface area contributed by atoms with Crippen molar-refractivity contribution in [2.24, 2.45) is 0 Å². The van der Waals surface area contributed by atoms with Crippen LogP contribution in [0.2, 0.25) is 0 Å². The Morgan fingerprint density at radius 2 is 1.62 bits per heavy atom. The summed E-state index contributed by atoms with van der Waals surface area (Å²) in [4.78, 5) is 1.25. The van der Waals surface area contributed by atoms with Gasteiger partial charge in [-0.1, -0.05) is 54.5 Å². The average Bonchev–Trinajstić information content (AvgIpc) is 2.71. The molecular weight excluding hydrogens is 214 g/mol. The van der Waals surface area contributed by atoms with Crippen LogP contribution in [-0.2, 0) is 0 Å². The van der Waals surface area contributed by atoms with Crippen molar-refractivity contribution in [1.29, 1.82) is 0 Å². The van der Waals surface area contributed by atoms with Crippen LogP contribution in [0.5, 0.6) is 0 Å². The smallest absolute Gasteiger partial charge is 0.0484 e. The van der Waals surface area contributed by atoms with Crippen molar-refractivity contribution in [2.45, 2.75) is 61.8 Å². The minimum Gasteiger partial charge on any atom is -0.200 e. The molecule has 0 saturated heterocycles. The molecule has 0 N–H and O–H groups in total. The maximum absolute atomic E-state index is 4.02. The standard InChI is InChI=1S/C7H9NS.C3H8.2C2H6/c1-5(2)7-4-8-9-6(7)3;1-3-2;2*1-2/h4H,1H2,2-3H3;3H2,1-2H3;2*1-2H3. The Balaban J connectivity index is -0.000000206. The fraction of sp³-hybridized carbons (Fsp3) is 0.643. The minimum absolute atomic E-state index is 1.10. The first kappa shape index (κ1) is 20.7. The average molecular weight is 243 g/mol. The number of allylic oxidation sites excluding steroid dienone is 1. The van der Waals surface area contributed by atoms with Gasteiger partial charge in [0.2, 0.25) is 0 Å². The molecule has 0 spiro atoms. The molecule has 0 unspecified atom stereocenters. The van der Waals surface area contributed by atoms with Gasteiger partial charge in [0.1, 0.15) is 0 Å². The molecule has 0 aliphatic rings. The Morgan fingerprint density at radius 1 is 1.25 bits per heavy atom. The lowest BCUT2D eigenvalue weighted by Gasteiger charge is -1.91. The van der Waals surface area contributed by atoms with Gasteiger partial charge in [0.05, 0.1) is 0 Å². The molecule has 1 nitrogen and oxygen atoms in total. The van der Waals surface area contributed by atoms with Gasteiger partial charge in [0.25, 0.3) is 0 Å². The van der Waals surface area contributed by atoms with Gasteiger partial charge in [0.15, 0.2) is 0 Å². The fourth-order valence-electron chi connectivity index (χ4n) is 0.709. The monoisotopic (exact) mass is 243 g/mol. The van der Waals surface area contributed by atoms with E-state index in [4.69, 9.17) is 0 Å². The SMILES string of the molecule is C=C(C)c1cnsc1C.CC.CC.CCC. The van der Waals surface area contributed by atoms with E-state index in [1.54, 1.807) is 0 Å². The van der Waals surface area contributed by atoms with Crippen LogP contribution in [0, 0.1) is 6.92 Å². The van der Waals surface area contributed by atoms with E-state index in [0.29, 0.717) is 0 Å². The first-order valence-electron chi connectivity index (χ1n) is 6.20. The van der Waals surface area contributed by atoms with E-state index in [9.17, 15) is 0 Å². The Kier molecular flexibility index (Phi) is 21.8. The van der Waals surface area contributed by atoms with E-state index in [2.05, 4.69) is 31.7 Å². The summed E-state index contributed by atoms with van der Waals surface area (Å²) in [6.07, 6.45) is 3.11. The molecule has 96 valence electrons. The van der Waals surface area contributed by atoms with Gasteiger partial charge in [-0.3, -0.25) is 0 Å². The summed E-state index contributed by atoms with van der Waals surface area (Å²) in [5.74, 6) is 0. The predicted molar refractivity (Wildman–Crippen MR) is 80.2 cm³/mol. The molecule has 0 radical (unpaired) electrons. The van der Waals surface area contributed by atoms with E-state index in [0.717, 1.165) is 5.57 Å². The quantitative estimate of drug-likeness (QED) is 0.593. The fourth-order valence-corrected chi connectivity index (χ4v) is 1.35. The van der Waals surface area contributed by atoms with Crippen LogP contribution >= 0.6 is 11.5 Å². The molecule has 0 aliphatic carbocycles. The van der Waals surface area contributed by atoms with Crippen molar-refractivity contribution in [3.05, 3.63) is 23.2 Å².